The summed E-state index contributed by atoms with van der Waals surface area (Å²) < 4.78 is 14.6. The first-order chi connectivity index (χ1) is 19.5. The number of anilines is 2. The molecule has 0 saturated carbocycles. The number of amides is 1. The number of piperazine rings is 1. The second-order valence-electron chi connectivity index (χ2n) is 10.3. The second kappa shape index (κ2) is 10.1. The summed E-state index contributed by atoms with van der Waals surface area (Å²) in [5.41, 5.74) is 5.35. The molecule has 4 heterocycles. The highest BCUT2D eigenvalue weighted by Crippen LogP contribution is 2.35. The molecule has 40 heavy (non-hydrogen) atoms. The maximum atomic E-state index is 14.6. The van der Waals surface area contributed by atoms with Crippen LogP contribution in [0, 0.1) is 12.7 Å². The van der Waals surface area contributed by atoms with Gasteiger partial charge in [-0.25, -0.2) is 19.3 Å². The monoisotopic (exact) mass is 550 g/mol. The van der Waals surface area contributed by atoms with Crippen LogP contribution in [0.2, 0.25) is 0 Å². The number of benzene rings is 3. The van der Waals surface area contributed by atoms with E-state index in [9.17, 15) is 9.18 Å². The van der Waals surface area contributed by atoms with Crippen molar-refractivity contribution < 1.29 is 9.18 Å². The Kier molecular flexibility index (Phi) is 6.25. The van der Waals surface area contributed by atoms with E-state index in [-0.39, 0.29) is 5.91 Å². The minimum Gasteiger partial charge on any atom is -0.352 e. The number of hydrogen-bond acceptors (Lipinski definition) is 7. The molecule has 0 radical (unpaired) electrons. The fourth-order valence-corrected chi connectivity index (χ4v) is 6.34. The number of rotatable bonds is 6. The zero-order chi connectivity index (χ0) is 27.2. The van der Waals surface area contributed by atoms with E-state index in [0.29, 0.717) is 24.7 Å². The van der Waals surface area contributed by atoms with Crippen molar-refractivity contribution in [1.82, 2.24) is 19.9 Å². The zero-order valence-corrected chi connectivity index (χ0v) is 22.8. The summed E-state index contributed by atoms with van der Waals surface area (Å²) in [6, 6.07) is 18.8. The highest BCUT2D eigenvalue weighted by atomic mass is 32.1. The molecule has 0 bridgehead atoms. The number of halogens is 1. The Morgan fingerprint density at radius 1 is 0.950 bits per heavy atom. The molecule has 1 saturated heterocycles. The molecular weight excluding hydrogens is 523 g/mol. The standard InChI is InChI=1S/C31H27FN6OS/c1-19-33-17-27(40-19)29-34-16-25(32)30(36-29)38-13-11-37(12-14-38)18-21-7-5-20(6-8-21)15-22-9-10-26-28-23(22)3-2-4-24(28)31(39)35-26/h2-10,16-17H,11-15,18H2,1H3,(H,35,39). The predicted molar refractivity (Wildman–Crippen MR) is 156 cm³/mol. The largest absolute Gasteiger partial charge is 0.352 e. The lowest BCUT2D eigenvalue weighted by molar-refractivity contribution is 0.103. The molecule has 7 nitrogen and oxygen atoms in total. The first-order valence-corrected chi connectivity index (χ1v) is 14.2. The van der Waals surface area contributed by atoms with Gasteiger partial charge >= 0.3 is 0 Å². The number of hydrogen-bond donors (Lipinski definition) is 1. The van der Waals surface area contributed by atoms with E-state index in [2.05, 4.69) is 61.6 Å². The van der Waals surface area contributed by atoms with Crippen LogP contribution in [-0.4, -0.2) is 51.9 Å². The van der Waals surface area contributed by atoms with Crippen LogP contribution in [0.25, 0.3) is 21.5 Å². The maximum absolute atomic E-state index is 14.6. The van der Waals surface area contributed by atoms with Crippen molar-refractivity contribution in [3.63, 3.8) is 0 Å². The summed E-state index contributed by atoms with van der Waals surface area (Å²) >= 11 is 1.51. The van der Waals surface area contributed by atoms with Gasteiger partial charge in [-0.3, -0.25) is 9.69 Å². The van der Waals surface area contributed by atoms with Crippen molar-refractivity contribution in [2.75, 3.05) is 36.4 Å². The molecule has 3 aromatic carbocycles. The van der Waals surface area contributed by atoms with Crippen molar-refractivity contribution in [1.29, 1.82) is 0 Å². The first kappa shape index (κ1) is 24.8. The number of aryl methyl sites for hydroxylation is 1. The van der Waals surface area contributed by atoms with Crippen molar-refractivity contribution in [3.05, 3.63) is 100 Å². The summed E-state index contributed by atoms with van der Waals surface area (Å²) in [6.07, 6.45) is 3.81. The Morgan fingerprint density at radius 2 is 1.75 bits per heavy atom. The van der Waals surface area contributed by atoms with Crippen LogP contribution in [0.4, 0.5) is 15.9 Å². The summed E-state index contributed by atoms with van der Waals surface area (Å²) in [4.78, 5) is 30.5. The molecule has 1 amide bonds. The molecule has 5 aromatic rings. The Labute approximate surface area is 235 Å². The number of nitrogens with zero attached hydrogens (tertiary/aromatic N) is 5. The molecular formula is C31H27FN6OS. The van der Waals surface area contributed by atoms with Gasteiger partial charge in [0, 0.05) is 55.6 Å². The van der Waals surface area contributed by atoms with E-state index in [1.54, 1.807) is 6.20 Å². The van der Waals surface area contributed by atoms with Gasteiger partial charge < -0.3 is 10.2 Å². The van der Waals surface area contributed by atoms with Crippen LogP contribution in [0.1, 0.15) is 32.1 Å². The summed E-state index contributed by atoms with van der Waals surface area (Å²) in [7, 11) is 0. The summed E-state index contributed by atoms with van der Waals surface area (Å²) in [5, 5.41) is 6.05. The smallest absolute Gasteiger partial charge is 0.256 e. The lowest BCUT2D eigenvalue weighted by Crippen LogP contribution is -2.46. The highest BCUT2D eigenvalue weighted by molar-refractivity contribution is 7.14. The van der Waals surface area contributed by atoms with Gasteiger partial charge in [-0.2, -0.15) is 0 Å². The van der Waals surface area contributed by atoms with Gasteiger partial charge in [0.15, 0.2) is 17.5 Å². The second-order valence-corrected chi connectivity index (χ2v) is 11.6. The molecule has 1 N–H and O–H groups in total. The van der Waals surface area contributed by atoms with Gasteiger partial charge in [0.25, 0.3) is 5.91 Å². The van der Waals surface area contributed by atoms with Crippen molar-refractivity contribution >= 4 is 39.5 Å². The van der Waals surface area contributed by atoms with Gasteiger partial charge in [0.05, 0.1) is 16.1 Å². The van der Waals surface area contributed by atoms with E-state index in [1.807, 2.05) is 30.0 Å². The number of thiazole rings is 1. The Bertz CT molecular complexity index is 1740. The summed E-state index contributed by atoms with van der Waals surface area (Å²) in [5.74, 6) is 0.466. The van der Waals surface area contributed by atoms with E-state index in [1.165, 1.54) is 34.2 Å². The molecule has 7 rings (SSSR count). The van der Waals surface area contributed by atoms with Crippen LogP contribution in [-0.2, 0) is 13.0 Å². The molecule has 0 atom stereocenters. The Morgan fingerprint density at radius 3 is 2.52 bits per heavy atom. The Balaban J connectivity index is 0.994. The van der Waals surface area contributed by atoms with Gasteiger partial charge in [0.1, 0.15) is 0 Å². The summed E-state index contributed by atoms with van der Waals surface area (Å²) in [6.45, 7) is 5.84. The van der Waals surface area contributed by atoms with E-state index >= 15 is 0 Å². The quantitative estimate of drug-likeness (QED) is 0.293. The Hall–Kier alpha value is -4.21. The third kappa shape index (κ3) is 4.61. The van der Waals surface area contributed by atoms with Crippen molar-refractivity contribution in [2.24, 2.45) is 0 Å². The van der Waals surface area contributed by atoms with Gasteiger partial charge in [-0.05, 0) is 47.6 Å². The third-order valence-corrected chi connectivity index (χ3v) is 8.60. The number of carbonyl (C=O) groups excluding carboxylic acids is 1. The van der Waals surface area contributed by atoms with E-state index in [4.69, 9.17) is 0 Å². The molecule has 9 heteroatoms. The molecule has 200 valence electrons. The van der Waals surface area contributed by atoms with Gasteiger partial charge in [-0.1, -0.05) is 42.5 Å². The van der Waals surface area contributed by atoms with Crippen molar-refractivity contribution in [2.45, 2.75) is 19.9 Å². The van der Waals surface area contributed by atoms with Gasteiger partial charge in [-0.15, -0.1) is 11.3 Å². The minimum atomic E-state index is -0.392. The average Bonchev–Trinajstić information content (AvgIpc) is 3.56. The molecule has 2 aromatic heterocycles. The van der Waals surface area contributed by atoms with Crippen molar-refractivity contribution in [3.8, 4) is 10.7 Å². The number of nitrogens with one attached hydrogen (secondary N) is 1. The molecule has 2 aliphatic rings. The highest BCUT2D eigenvalue weighted by Gasteiger charge is 2.23. The fraction of sp³-hybridized carbons (Fsp3) is 0.226. The van der Waals surface area contributed by atoms with Crippen LogP contribution in [0.5, 0.6) is 0 Å². The molecule has 0 unspecified atom stereocenters. The lowest BCUT2D eigenvalue weighted by Gasteiger charge is -2.35. The van der Waals surface area contributed by atoms with Crippen LogP contribution < -0.4 is 10.2 Å². The molecule has 0 aliphatic carbocycles. The molecule has 1 fully saturated rings. The fourth-order valence-electron chi connectivity index (χ4n) is 5.63. The maximum Gasteiger partial charge on any atom is 0.256 e. The van der Waals surface area contributed by atoms with Crippen LogP contribution >= 0.6 is 11.3 Å². The minimum absolute atomic E-state index is 0.0270. The lowest BCUT2D eigenvalue weighted by atomic mass is 9.95. The molecule has 2 aliphatic heterocycles. The van der Waals surface area contributed by atoms with Crippen LogP contribution in [0.15, 0.2) is 67.0 Å². The normalized spacial score (nSPS) is 15.2. The molecule has 0 spiro atoms. The SMILES string of the molecule is Cc1ncc(-c2ncc(F)c(N3CCN(Cc4ccc(Cc5ccc6c7c(cccc57)C(=O)N6)cc4)CC3)n2)s1. The third-order valence-electron chi connectivity index (χ3n) is 7.69. The number of carbonyl (C=O) groups is 1. The number of aromatic nitrogens is 3. The first-order valence-electron chi connectivity index (χ1n) is 13.4. The topological polar surface area (TPSA) is 74.2 Å². The van der Waals surface area contributed by atoms with Crippen LogP contribution in [0.3, 0.4) is 0 Å². The average molecular weight is 551 g/mol. The zero-order valence-electron chi connectivity index (χ0n) is 22.0. The van der Waals surface area contributed by atoms with E-state index < -0.39 is 5.82 Å². The predicted octanol–water partition coefficient (Wildman–Crippen LogP) is 5.68. The van der Waals surface area contributed by atoms with Gasteiger partial charge in [0.2, 0.25) is 0 Å². The van der Waals surface area contributed by atoms with E-state index in [0.717, 1.165) is 58.0 Å².